The standard InChI is InChI=1S/C11H15NO3/c1-7-5-8(3-2-4-13)9(12)11-10(7)14-6-15-11/h5,13H,2-4,6,12H2,1H3. The Morgan fingerprint density at radius 3 is 2.87 bits per heavy atom. The topological polar surface area (TPSA) is 64.7 Å². The summed E-state index contributed by atoms with van der Waals surface area (Å²) in [5.74, 6) is 1.41. The number of ether oxygens (including phenoxy) is 2. The van der Waals surface area contributed by atoms with E-state index in [-0.39, 0.29) is 13.4 Å². The summed E-state index contributed by atoms with van der Waals surface area (Å²) in [7, 11) is 0. The van der Waals surface area contributed by atoms with Crippen molar-refractivity contribution in [1.82, 2.24) is 0 Å². The Morgan fingerprint density at radius 1 is 1.40 bits per heavy atom. The first kappa shape index (κ1) is 10.1. The van der Waals surface area contributed by atoms with E-state index in [0.717, 1.165) is 23.3 Å². The highest BCUT2D eigenvalue weighted by Crippen LogP contribution is 2.42. The smallest absolute Gasteiger partial charge is 0.231 e. The lowest BCUT2D eigenvalue weighted by Crippen LogP contribution is -1.99. The summed E-state index contributed by atoms with van der Waals surface area (Å²) in [5.41, 5.74) is 8.65. The average Bonchev–Trinajstić information content (AvgIpc) is 2.70. The molecule has 0 atom stereocenters. The number of nitrogen functional groups attached to an aromatic ring is 1. The normalized spacial score (nSPS) is 13.2. The molecule has 0 amide bonds. The summed E-state index contributed by atoms with van der Waals surface area (Å²) in [6.07, 6.45) is 1.48. The molecule has 0 unspecified atom stereocenters. The van der Waals surface area contributed by atoms with Gasteiger partial charge < -0.3 is 20.3 Å². The van der Waals surface area contributed by atoms with Crippen LogP contribution < -0.4 is 15.2 Å². The van der Waals surface area contributed by atoms with Gasteiger partial charge in [-0.3, -0.25) is 0 Å². The van der Waals surface area contributed by atoms with E-state index < -0.39 is 0 Å². The van der Waals surface area contributed by atoms with Crippen LogP contribution in [0.25, 0.3) is 0 Å². The second-order valence-corrected chi connectivity index (χ2v) is 3.66. The van der Waals surface area contributed by atoms with Gasteiger partial charge in [-0.2, -0.15) is 0 Å². The van der Waals surface area contributed by atoms with Crippen molar-refractivity contribution in [2.75, 3.05) is 19.1 Å². The van der Waals surface area contributed by atoms with Crippen LogP contribution in [0.3, 0.4) is 0 Å². The molecule has 2 rings (SSSR count). The number of aryl methyl sites for hydroxylation is 2. The molecule has 4 heteroatoms. The van der Waals surface area contributed by atoms with Crippen LogP contribution in [0.15, 0.2) is 6.07 Å². The maximum absolute atomic E-state index is 8.78. The van der Waals surface area contributed by atoms with Gasteiger partial charge in [0.05, 0.1) is 5.69 Å². The molecule has 1 aromatic rings. The molecule has 0 aromatic heterocycles. The van der Waals surface area contributed by atoms with Gasteiger partial charge >= 0.3 is 0 Å². The maximum Gasteiger partial charge on any atom is 0.231 e. The lowest BCUT2D eigenvalue weighted by atomic mass is 10.0. The first-order chi connectivity index (χ1) is 7.24. The van der Waals surface area contributed by atoms with Crippen molar-refractivity contribution in [3.8, 4) is 11.5 Å². The first-order valence-electron chi connectivity index (χ1n) is 5.02. The summed E-state index contributed by atoms with van der Waals surface area (Å²) in [5, 5.41) is 8.78. The van der Waals surface area contributed by atoms with Crippen LogP contribution in [0.2, 0.25) is 0 Å². The molecule has 0 bridgehead atoms. The fourth-order valence-corrected chi connectivity index (χ4v) is 1.80. The minimum Gasteiger partial charge on any atom is -0.453 e. The number of fused-ring (bicyclic) bond motifs is 1. The molecule has 0 saturated heterocycles. The summed E-state index contributed by atoms with van der Waals surface area (Å²) in [6.45, 7) is 2.38. The van der Waals surface area contributed by atoms with Gasteiger partial charge in [0.2, 0.25) is 6.79 Å². The highest BCUT2D eigenvalue weighted by molar-refractivity contribution is 5.68. The quantitative estimate of drug-likeness (QED) is 0.735. The SMILES string of the molecule is Cc1cc(CCCO)c(N)c2c1OCO2. The number of hydrogen-bond acceptors (Lipinski definition) is 4. The monoisotopic (exact) mass is 209 g/mol. The lowest BCUT2D eigenvalue weighted by molar-refractivity contribution is 0.174. The Morgan fingerprint density at radius 2 is 2.13 bits per heavy atom. The Hall–Kier alpha value is -1.42. The Kier molecular flexibility index (Phi) is 2.68. The number of aliphatic hydroxyl groups excluding tert-OH is 1. The minimum absolute atomic E-state index is 0.174. The third-order valence-corrected chi connectivity index (χ3v) is 2.56. The van der Waals surface area contributed by atoms with Crippen molar-refractivity contribution >= 4 is 5.69 Å². The second-order valence-electron chi connectivity index (χ2n) is 3.66. The third-order valence-electron chi connectivity index (χ3n) is 2.56. The molecule has 1 aliphatic rings. The molecule has 82 valence electrons. The molecular weight excluding hydrogens is 194 g/mol. The molecule has 1 heterocycles. The predicted octanol–water partition coefficient (Wildman–Crippen LogP) is 1.23. The van der Waals surface area contributed by atoms with Gasteiger partial charge in [0.15, 0.2) is 11.5 Å². The average molecular weight is 209 g/mol. The van der Waals surface area contributed by atoms with Crippen LogP contribution in [0.4, 0.5) is 5.69 Å². The van der Waals surface area contributed by atoms with Gasteiger partial charge in [-0.25, -0.2) is 0 Å². The van der Waals surface area contributed by atoms with E-state index in [4.69, 9.17) is 20.3 Å². The summed E-state index contributed by atoms with van der Waals surface area (Å²) >= 11 is 0. The van der Waals surface area contributed by atoms with Gasteiger partial charge in [-0.05, 0) is 30.9 Å². The van der Waals surface area contributed by atoms with E-state index in [9.17, 15) is 0 Å². The van der Waals surface area contributed by atoms with E-state index in [1.165, 1.54) is 0 Å². The lowest BCUT2D eigenvalue weighted by Gasteiger charge is -2.10. The van der Waals surface area contributed by atoms with Crippen molar-refractivity contribution in [3.63, 3.8) is 0 Å². The van der Waals surface area contributed by atoms with Gasteiger partial charge in [0.25, 0.3) is 0 Å². The van der Waals surface area contributed by atoms with E-state index in [2.05, 4.69) is 0 Å². The molecule has 0 aliphatic carbocycles. The number of anilines is 1. The van der Waals surface area contributed by atoms with Crippen LogP contribution in [0.5, 0.6) is 11.5 Å². The third kappa shape index (κ3) is 1.72. The number of hydrogen-bond donors (Lipinski definition) is 2. The molecule has 15 heavy (non-hydrogen) atoms. The van der Waals surface area contributed by atoms with E-state index in [0.29, 0.717) is 17.9 Å². The number of rotatable bonds is 3. The Balaban J connectivity index is 2.36. The zero-order valence-corrected chi connectivity index (χ0v) is 8.75. The molecule has 1 aromatic carbocycles. The zero-order chi connectivity index (χ0) is 10.8. The fraction of sp³-hybridized carbons (Fsp3) is 0.455. The number of benzene rings is 1. The summed E-state index contributed by atoms with van der Waals surface area (Å²) < 4.78 is 10.6. The van der Waals surface area contributed by atoms with Crippen molar-refractivity contribution in [1.29, 1.82) is 0 Å². The minimum atomic E-state index is 0.174. The molecule has 0 fully saturated rings. The van der Waals surface area contributed by atoms with E-state index in [1.807, 2.05) is 13.0 Å². The largest absolute Gasteiger partial charge is 0.453 e. The summed E-state index contributed by atoms with van der Waals surface area (Å²) in [6, 6.07) is 2.00. The molecule has 0 saturated carbocycles. The molecule has 0 spiro atoms. The predicted molar refractivity (Wildman–Crippen MR) is 57.1 cm³/mol. The first-order valence-corrected chi connectivity index (χ1v) is 5.02. The van der Waals surface area contributed by atoms with Crippen molar-refractivity contribution < 1.29 is 14.6 Å². The molecule has 4 nitrogen and oxygen atoms in total. The highest BCUT2D eigenvalue weighted by Gasteiger charge is 2.21. The second kappa shape index (κ2) is 3.98. The van der Waals surface area contributed by atoms with Crippen LogP contribution in [0, 0.1) is 6.92 Å². The fourth-order valence-electron chi connectivity index (χ4n) is 1.80. The Labute approximate surface area is 88.6 Å². The van der Waals surface area contributed by atoms with Crippen LogP contribution >= 0.6 is 0 Å². The van der Waals surface area contributed by atoms with Gasteiger partial charge in [-0.15, -0.1) is 0 Å². The highest BCUT2D eigenvalue weighted by atomic mass is 16.7. The van der Waals surface area contributed by atoms with Crippen LogP contribution in [-0.2, 0) is 6.42 Å². The van der Waals surface area contributed by atoms with Crippen molar-refractivity contribution in [2.45, 2.75) is 19.8 Å². The summed E-state index contributed by atoms with van der Waals surface area (Å²) in [4.78, 5) is 0. The van der Waals surface area contributed by atoms with E-state index >= 15 is 0 Å². The van der Waals surface area contributed by atoms with Crippen LogP contribution in [-0.4, -0.2) is 18.5 Å². The van der Waals surface area contributed by atoms with E-state index in [1.54, 1.807) is 0 Å². The molecule has 0 radical (unpaired) electrons. The zero-order valence-electron chi connectivity index (χ0n) is 8.75. The van der Waals surface area contributed by atoms with Crippen molar-refractivity contribution in [3.05, 3.63) is 17.2 Å². The number of aliphatic hydroxyl groups is 1. The molecule has 1 aliphatic heterocycles. The Bertz CT molecular complexity index is 377. The van der Waals surface area contributed by atoms with Gasteiger partial charge in [0, 0.05) is 6.61 Å². The van der Waals surface area contributed by atoms with Crippen molar-refractivity contribution in [2.24, 2.45) is 0 Å². The van der Waals surface area contributed by atoms with Gasteiger partial charge in [0.1, 0.15) is 0 Å². The van der Waals surface area contributed by atoms with Gasteiger partial charge in [-0.1, -0.05) is 6.07 Å². The molecule has 3 N–H and O–H groups in total. The molecular formula is C11H15NO3. The maximum atomic E-state index is 8.78. The van der Waals surface area contributed by atoms with Crippen LogP contribution in [0.1, 0.15) is 17.5 Å². The number of nitrogens with two attached hydrogens (primary N) is 1.